The molecule has 1 aliphatic rings. The summed E-state index contributed by atoms with van der Waals surface area (Å²) in [7, 11) is 0. The molecule has 146 valence electrons. The molecule has 27 heavy (non-hydrogen) atoms. The van der Waals surface area contributed by atoms with Crippen molar-refractivity contribution in [1.82, 2.24) is 15.5 Å². The molecule has 1 aliphatic heterocycles. The standard InChI is InChI=1S/C20H27ClN4OS/c1-2-22-20(23-14-16-6-5-13-27-16)24-15-19(25-9-11-26-12-10-25)17-7-3-4-8-18(17)21/h3-8,13,19H,2,9-12,14-15H2,1H3,(H2,22,23,24). The monoisotopic (exact) mass is 406 g/mol. The minimum atomic E-state index is 0.174. The number of ether oxygens (including phenoxy) is 1. The number of hydrogen-bond acceptors (Lipinski definition) is 4. The van der Waals surface area contributed by atoms with Gasteiger partial charge in [0.2, 0.25) is 0 Å². The second kappa shape index (κ2) is 10.7. The van der Waals surface area contributed by atoms with Crippen LogP contribution in [0.4, 0.5) is 0 Å². The summed E-state index contributed by atoms with van der Waals surface area (Å²) >= 11 is 8.24. The van der Waals surface area contributed by atoms with E-state index in [0.29, 0.717) is 6.54 Å². The molecule has 1 saturated heterocycles. The summed E-state index contributed by atoms with van der Waals surface area (Å²) in [6.45, 7) is 7.64. The molecule has 3 rings (SSSR count). The Morgan fingerprint density at radius 1 is 1.22 bits per heavy atom. The van der Waals surface area contributed by atoms with Gasteiger partial charge in [0.05, 0.1) is 25.8 Å². The lowest BCUT2D eigenvalue weighted by Gasteiger charge is -2.35. The minimum absolute atomic E-state index is 0.174. The summed E-state index contributed by atoms with van der Waals surface area (Å²) in [6.07, 6.45) is 0. The van der Waals surface area contributed by atoms with Crippen LogP contribution in [0.2, 0.25) is 5.02 Å². The second-order valence-corrected chi connectivity index (χ2v) is 7.78. The quantitative estimate of drug-likeness (QED) is 0.545. The molecule has 0 saturated carbocycles. The Morgan fingerprint density at radius 2 is 2.04 bits per heavy atom. The van der Waals surface area contributed by atoms with Crippen LogP contribution in [0, 0.1) is 0 Å². The van der Waals surface area contributed by atoms with Crippen molar-refractivity contribution in [2.75, 3.05) is 39.4 Å². The van der Waals surface area contributed by atoms with Gasteiger partial charge in [0.15, 0.2) is 5.96 Å². The number of halogens is 1. The highest BCUT2D eigenvalue weighted by Crippen LogP contribution is 2.27. The highest BCUT2D eigenvalue weighted by atomic mass is 35.5. The van der Waals surface area contributed by atoms with Crippen molar-refractivity contribution >= 4 is 28.9 Å². The Kier molecular flexibility index (Phi) is 7.95. The van der Waals surface area contributed by atoms with Crippen molar-refractivity contribution < 1.29 is 4.74 Å². The van der Waals surface area contributed by atoms with Crippen molar-refractivity contribution in [3.8, 4) is 0 Å². The maximum atomic E-state index is 6.51. The smallest absolute Gasteiger partial charge is 0.191 e. The number of rotatable bonds is 7. The third-order valence-electron chi connectivity index (χ3n) is 4.53. The lowest BCUT2D eigenvalue weighted by Crippen LogP contribution is -2.46. The summed E-state index contributed by atoms with van der Waals surface area (Å²) < 4.78 is 5.53. The SMILES string of the molecule is CCNC(=NCc1cccs1)NCC(c1ccccc1Cl)N1CCOCC1. The molecule has 0 bridgehead atoms. The van der Waals surface area contributed by atoms with Crippen LogP contribution in [0.1, 0.15) is 23.4 Å². The summed E-state index contributed by atoms with van der Waals surface area (Å²) in [5.41, 5.74) is 1.14. The molecule has 1 unspecified atom stereocenters. The molecule has 1 aromatic carbocycles. The molecule has 7 heteroatoms. The van der Waals surface area contributed by atoms with Gasteiger partial charge in [0.25, 0.3) is 0 Å². The molecule has 5 nitrogen and oxygen atoms in total. The van der Waals surface area contributed by atoms with Crippen LogP contribution in [0.25, 0.3) is 0 Å². The van der Waals surface area contributed by atoms with Gasteiger partial charge in [-0.15, -0.1) is 11.3 Å². The fraction of sp³-hybridized carbons (Fsp3) is 0.450. The Balaban J connectivity index is 1.71. The Labute approximate surface area is 170 Å². The zero-order chi connectivity index (χ0) is 18.9. The Hall–Kier alpha value is -1.60. The van der Waals surface area contributed by atoms with Gasteiger partial charge in [0, 0.05) is 36.1 Å². The van der Waals surface area contributed by atoms with E-state index < -0.39 is 0 Å². The Morgan fingerprint density at radius 3 is 2.74 bits per heavy atom. The largest absolute Gasteiger partial charge is 0.379 e. The molecular formula is C20H27ClN4OS. The predicted molar refractivity (Wildman–Crippen MR) is 114 cm³/mol. The number of aliphatic imine (C=N–C) groups is 1. The van der Waals surface area contributed by atoms with Gasteiger partial charge < -0.3 is 15.4 Å². The second-order valence-electron chi connectivity index (χ2n) is 6.34. The van der Waals surface area contributed by atoms with Crippen molar-refractivity contribution in [2.45, 2.75) is 19.5 Å². The van der Waals surface area contributed by atoms with E-state index in [1.807, 2.05) is 18.2 Å². The molecule has 1 fully saturated rings. The van der Waals surface area contributed by atoms with E-state index in [9.17, 15) is 0 Å². The summed E-state index contributed by atoms with van der Waals surface area (Å²) in [6, 6.07) is 12.4. The zero-order valence-corrected chi connectivity index (χ0v) is 17.2. The number of nitrogens with one attached hydrogen (secondary N) is 2. The van der Waals surface area contributed by atoms with Crippen LogP contribution >= 0.6 is 22.9 Å². The van der Waals surface area contributed by atoms with E-state index in [1.165, 1.54) is 4.88 Å². The molecular weight excluding hydrogens is 380 g/mol. The van der Waals surface area contributed by atoms with Crippen LogP contribution in [-0.4, -0.2) is 50.3 Å². The van der Waals surface area contributed by atoms with E-state index in [2.05, 4.69) is 46.0 Å². The zero-order valence-electron chi connectivity index (χ0n) is 15.7. The first kappa shape index (κ1) is 20.1. The molecule has 0 radical (unpaired) electrons. The maximum absolute atomic E-state index is 6.51. The van der Waals surface area contributed by atoms with Crippen LogP contribution in [-0.2, 0) is 11.3 Å². The van der Waals surface area contributed by atoms with Gasteiger partial charge in [-0.25, -0.2) is 4.99 Å². The van der Waals surface area contributed by atoms with Gasteiger partial charge in [-0.05, 0) is 30.0 Å². The maximum Gasteiger partial charge on any atom is 0.191 e. The lowest BCUT2D eigenvalue weighted by atomic mass is 10.0. The first-order chi connectivity index (χ1) is 13.3. The molecule has 2 heterocycles. The van der Waals surface area contributed by atoms with Crippen molar-refractivity contribution in [2.24, 2.45) is 4.99 Å². The molecule has 2 aromatic rings. The minimum Gasteiger partial charge on any atom is -0.379 e. The van der Waals surface area contributed by atoms with E-state index in [0.717, 1.165) is 55.9 Å². The molecule has 1 atom stereocenters. The third-order valence-corrected chi connectivity index (χ3v) is 5.74. The van der Waals surface area contributed by atoms with Gasteiger partial charge in [-0.1, -0.05) is 35.9 Å². The third kappa shape index (κ3) is 5.94. The highest BCUT2D eigenvalue weighted by Gasteiger charge is 2.24. The summed E-state index contributed by atoms with van der Waals surface area (Å²) in [5.74, 6) is 0.830. The normalized spacial score (nSPS) is 16.9. The number of benzene rings is 1. The van der Waals surface area contributed by atoms with Crippen molar-refractivity contribution in [3.63, 3.8) is 0 Å². The van der Waals surface area contributed by atoms with Crippen LogP contribution in [0.3, 0.4) is 0 Å². The van der Waals surface area contributed by atoms with Crippen LogP contribution in [0.5, 0.6) is 0 Å². The van der Waals surface area contributed by atoms with E-state index >= 15 is 0 Å². The lowest BCUT2D eigenvalue weighted by molar-refractivity contribution is 0.0170. The van der Waals surface area contributed by atoms with Crippen LogP contribution in [0.15, 0.2) is 46.8 Å². The number of nitrogens with zero attached hydrogens (tertiary/aromatic N) is 2. The van der Waals surface area contributed by atoms with Crippen LogP contribution < -0.4 is 10.6 Å². The number of thiophene rings is 1. The Bertz CT molecular complexity index is 717. The number of hydrogen-bond donors (Lipinski definition) is 2. The van der Waals surface area contributed by atoms with Gasteiger partial charge in [-0.3, -0.25) is 4.90 Å². The van der Waals surface area contributed by atoms with E-state index in [4.69, 9.17) is 21.3 Å². The fourth-order valence-electron chi connectivity index (χ4n) is 3.16. The number of guanidine groups is 1. The average Bonchev–Trinajstić information content (AvgIpc) is 3.22. The van der Waals surface area contributed by atoms with E-state index in [1.54, 1.807) is 11.3 Å². The first-order valence-corrected chi connectivity index (χ1v) is 10.6. The van der Waals surface area contributed by atoms with Crippen molar-refractivity contribution in [1.29, 1.82) is 0 Å². The van der Waals surface area contributed by atoms with Gasteiger partial charge in [0.1, 0.15) is 0 Å². The van der Waals surface area contributed by atoms with Gasteiger partial charge in [-0.2, -0.15) is 0 Å². The molecule has 2 N–H and O–H groups in total. The summed E-state index contributed by atoms with van der Waals surface area (Å²) in [5, 5.41) is 9.73. The van der Waals surface area contributed by atoms with Gasteiger partial charge >= 0.3 is 0 Å². The first-order valence-electron chi connectivity index (χ1n) is 9.38. The highest BCUT2D eigenvalue weighted by molar-refractivity contribution is 7.09. The van der Waals surface area contributed by atoms with E-state index in [-0.39, 0.29) is 6.04 Å². The number of morpholine rings is 1. The molecule has 0 amide bonds. The summed E-state index contributed by atoms with van der Waals surface area (Å²) in [4.78, 5) is 8.40. The predicted octanol–water partition coefficient (Wildman–Crippen LogP) is 3.53. The molecule has 0 aliphatic carbocycles. The van der Waals surface area contributed by atoms with Crippen molar-refractivity contribution in [3.05, 3.63) is 57.2 Å². The topological polar surface area (TPSA) is 48.9 Å². The molecule has 1 aromatic heterocycles. The molecule has 0 spiro atoms. The fourth-order valence-corrected chi connectivity index (χ4v) is 4.05. The average molecular weight is 407 g/mol.